The SMILES string of the molecule is CC1CC(N2C(I)CC/C=C\CC3(C)C=Cc4c(n(C5CCCC(c6ccccc6)C5)c5ccccc45)C23)CC=C1c1ccccc1. The number of para-hydroxylation sites is 1. The molecule has 1 aromatic heterocycles. The molecule has 7 atom stereocenters. The van der Waals surface area contributed by atoms with Gasteiger partial charge in [-0.15, -0.1) is 0 Å². The normalized spacial score (nSPS) is 32.0. The minimum absolute atomic E-state index is 0.0174. The molecule has 2 nitrogen and oxygen atoms in total. The molecule has 0 saturated heterocycles. The van der Waals surface area contributed by atoms with Crippen molar-refractivity contribution < 1.29 is 0 Å². The van der Waals surface area contributed by atoms with Crippen molar-refractivity contribution in [3.63, 3.8) is 0 Å². The van der Waals surface area contributed by atoms with Crippen LogP contribution >= 0.6 is 22.6 Å². The summed E-state index contributed by atoms with van der Waals surface area (Å²) >= 11 is 2.83. The molecule has 0 spiro atoms. The van der Waals surface area contributed by atoms with Gasteiger partial charge in [-0.25, -0.2) is 0 Å². The highest BCUT2D eigenvalue weighted by atomic mass is 127. The summed E-state index contributed by atoms with van der Waals surface area (Å²) in [5.41, 5.74) is 8.98. The van der Waals surface area contributed by atoms with Crippen LogP contribution in [-0.2, 0) is 0 Å². The first-order chi connectivity index (χ1) is 23.0. The molecule has 3 aliphatic carbocycles. The van der Waals surface area contributed by atoms with Crippen molar-refractivity contribution in [3.05, 3.63) is 132 Å². The molecule has 4 aliphatic rings. The van der Waals surface area contributed by atoms with Crippen molar-refractivity contribution in [2.24, 2.45) is 11.3 Å². The second-order valence-electron chi connectivity index (χ2n) is 15.0. The van der Waals surface area contributed by atoms with E-state index in [9.17, 15) is 0 Å². The fraction of sp³-hybridized carbons (Fsp3) is 0.409. The van der Waals surface area contributed by atoms with Crippen molar-refractivity contribution in [3.8, 4) is 0 Å². The Morgan fingerprint density at radius 1 is 0.809 bits per heavy atom. The number of benzene rings is 3. The highest BCUT2D eigenvalue weighted by molar-refractivity contribution is 14.1. The van der Waals surface area contributed by atoms with Crippen molar-refractivity contribution in [1.29, 1.82) is 0 Å². The molecule has 4 aromatic rings. The van der Waals surface area contributed by atoms with E-state index in [-0.39, 0.29) is 5.41 Å². The van der Waals surface area contributed by atoms with Crippen molar-refractivity contribution in [2.75, 3.05) is 0 Å². The summed E-state index contributed by atoms with van der Waals surface area (Å²) in [6, 6.07) is 33.2. The number of alkyl halides is 1. The second-order valence-corrected chi connectivity index (χ2v) is 16.5. The summed E-state index contributed by atoms with van der Waals surface area (Å²) in [6.07, 6.45) is 23.5. The molecule has 47 heavy (non-hydrogen) atoms. The van der Waals surface area contributed by atoms with Crippen LogP contribution in [0.3, 0.4) is 0 Å². The summed E-state index contributed by atoms with van der Waals surface area (Å²) in [5.74, 6) is 1.15. The Kier molecular flexibility index (Phi) is 8.81. The lowest BCUT2D eigenvalue weighted by Crippen LogP contribution is -2.50. The average molecular weight is 733 g/mol. The smallest absolute Gasteiger partial charge is 0.0630 e. The Morgan fingerprint density at radius 2 is 1.57 bits per heavy atom. The predicted molar refractivity (Wildman–Crippen MR) is 208 cm³/mol. The van der Waals surface area contributed by atoms with Crippen LogP contribution in [0.1, 0.15) is 112 Å². The summed E-state index contributed by atoms with van der Waals surface area (Å²) in [4.78, 5) is 3.04. The van der Waals surface area contributed by atoms with E-state index in [0.29, 0.717) is 34.0 Å². The number of aromatic nitrogens is 1. The van der Waals surface area contributed by atoms with Crippen molar-refractivity contribution in [2.45, 2.75) is 99.7 Å². The molecule has 0 amide bonds. The molecule has 2 heterocycles. The van der Waals surface area contributed by atoms with Crippen molar-refractivity contribution in [1.82, 2.24) is 9.47 Å². The molecule has 3 heteroatoms. The maximum atomic E-state index is 3.04. The van der Waals surface area contributed by atoms with Crippen LogP contribution in [0, 0.1) is 11.3 Å². The van der Waals surface area contributed by atoms with Gasteiger partial charge in [0.1, 0.15) is 0 Å². The third-order valence-electron chi connectivity index (χ3n) is 12.0. The van der Waals surface area contributed by atoms with E-state index in [1.54, 1.807) is 5.69 Å². The minimum atomic E-state index is 0.0174. The molecular formula is C44H49IN2. The Hall–Kier alpha value is -2.89. The quantitative estimate of drug-likeness (QED) is 0.0878. The number of hydrogen-bond acceptors (Lipinski definition) is 1. The van der Waals surface area contributed by atoms with Gasteiger partial charge in [0.2, 0.25) is 0 Å². The van der Waals surface area contributed by atoms with E-state index in [1.807, 2.05) is 0 Å². The lowest BCUT2D eigenvalue weighted by atomic mass is 9.71. The summed E-state index contributed by atoms with van der Waals surface area (Å²) in [7, 11) is 0. The molecular weight excluding hydrogens is 683 g/mol. The summed E-state index contributed by atoms with van der Waals surface area (Å²) in [6.45, 7) is 5.04. The number of halogens is 1. The van der Waals surface area contributed by atoms with Gasteiger partial charge >= 0.3 is 0 Å². The number of allylic oxidation sites excluding steroid dienone is 3. The molecule has 1 saturated carbocycles. The molecule has 0 bridgehead atoms. The lowest BCUT2D eigenvalue weighted by Gasteiger charge is -2.51. The standard InChI is InChI=1S/C44H49IN2/c1-31-29-36(24-25-37(31)33-17-8-4-9-18-33)47-41(45)23-10-5-13-27-44(2)28-26-39-38-21-11-12-22-40(38)46(42(39)43(44)47)35-20-14-19-34(30-35)32-15-6-3-7-16-32/h3-9,11-13,15-18,21-22,25-26,28,31,34-36,41,43H,10,14,19-20,23-24,27,29-30H2,1-2H3/b13-5-. The van der Waals surface area contributed by atoms with E-state index in [4.69, 9.17) is 0 Å². The fourth-order valence-corrected chi connectivity index (χ4v) is 10.9. The van der Waals surface area contributed by atoms with Gasteiger partial charge in [-0.2, -0.15) is 0 Å². The van der Waals surface area contributed by atoms with Gasteiger partial charge in [-0.3, -0.25) is 4.90 Å². The number of nitrogens with zero attached hydrogens (tertiary/aromatic N) is 2. The Bertz CT molecular complexity index is 1800. The van der Waals surface area contributed by atoms with E-state index in [2.05, 4.69) is 161 Å². The largest absolute Gasteiger partial charge is 0.339 e. The fourth-order valence-electron chi connectivity index (χ4n) is 9.73. The van der Waals surface area contributed by atoms with Crippen molar-refractivity contribution >= 4 is 45.1 Å². The third kappa shape index (κ3) is 5.80. The second kappa shape index (κ2) is 13.2. The van der Waals surface area contributed by atoms with Crippen LogP contribution in [0.5, 0.6) is 0 Å². The van der Waals surface area contributed by atoms with Gasteiger partial charge in [-0.05, 0) is 86.0 Å². The van der Waals surface area contributed by atoms with Gasteiger partial charge in [-0.1, -0.05) is 152 Å². The highest BCUT2D eigenvalue weighted by Crippen LogP contribution is 2.55. The van der Waals surface area contributed by atoms with Crippen LogP contribution in [0.2, 0.25) is 0 Å². The Morgan fingerprint density at radius 3 is 2.38 bits per heavy atom. The number of rotatable bonds is 4. The monoisotopic (exact) mass is 732 g/mol. The molecule has 8 rings (SSSR count). The summed E-state index contributed by atoms with van der Waals surface area (Å²) in [5, 5.41) is 1.44. The molecule has 3 aromatic carbocycles. The van der Waals surface area contributed by atoms with E-state index >= 15 is 0 Å². The van der Waals surface area contributed by atoms with Crippen LogP contribution in [-0.4, -0.2) is 19.6 Å². The molecule has 0 radical (unpaired) electrons. The first kappa shape index (κ1) is 31.4. The van der Waals surface area contributed by atoms with Gasteiger partial charge in [0.15, 0.2) is 0 Å². The highest BCUT2D eigenvalue weighted by Gasteiger charge is 2.48. The van der Waals surface area contributed by atoms with Gasteiger partial charge in [0.25, 0.3) is 0 Å². The third-order valence-corrected chi connectivity index (χ3v) is 13.3. The average Bonchev–Trinajstić information content (AvgIpc) is 3.46. The topological polar surface area (TPSA) is 8.17 Å². The van der Waals surface area contributed by atoms with Crippen LogP contribution in [0.4, 0.5) is 0 Å². The molecule has 7 unspecified atom stereocenters. The predicted octanol–water partition coefficient (Wildman–Crippen LogP) is 12.3. The minimum Gasteiger partial charge on any atom is -0.339 e. The zero-order valence-corrected chi connectivity index (χ0v) is 30.2. The maximum Gasteiger partial charge on any atom is 0.0630 e. The van der Waals surface area contributed by atoms with Crippen LogP contribution in [0.15, 0.2) is 109 Å². The number of fused-ring (bicyclic) bond motifs is 5. The Labute approximate surface area is 295 Å². The zero-order valence-electron chi connectivity index (χ0n) is 28.1. The lowest BCUT2D eigenvalue weighted by molar-refractivity contribution is 0.0407. The van der Waals surface area contributed by atoms with E-state index in [0.717, 1.165) is 19.3 Å². The van der Waals surface area contributed by atoms with E-state index < -0.39 is 0 Å². The molecule has 1 fully saturated rings. The van der Waals surface area contributed by atoms with E-state index in [1.165, 1.54) is 71.7 Å². The molecule has 0 N–H and O–H groups in total. The zero-order chi connectivity index (χ0) is 32.0. The van der Waals surface area contributed by atoms with Crippen LogP contribution < -0.4 is 0 Å². The van der Waals surface area contributed by atoms with Crippen LogP contribution in [0.25, 0.3) is 22.6 Å². The van der Waals surface area contributed by atoms with Gasteiger partial charge in [0.05, 0.1) is 10.1 Å². The number of hydrogen-bond donors (Lipinski definition) is 0. The maximum absolute atomic E-state index is 3.04. The van der Waals surface area contributed by atoms with Gasteiger partial charge < -0.3 is 4.57 Å². The Balaban J connectivity index is 1.27. The van der Waals surface area contributed by atoms with Gasteiger partial charge in [0, 0.05) is 39.7 Å². The first-order valence-corrected chi connectivity index (χ1v) is 19.5. The molecule has 242 valence electrons. The first-order valence-electron chi connectivity index (χ1n) is 18.2. The molecule has 1 aliphatic heterocycles. The summed E-state index contributed by atoms with van der Waals surface area (Å²) < 4.78 is 3.36.